The molecule has 0 radical (unpaired) electrons. The Bertz CT molecular complexity index is 1040. The molecule has 1 aliphatic heterocycles. The third-order valence-electron chi connectivity index (χ3n) is 7.05. The van der Waals surface area contributed by atoms with Crippen LogP contribution in [-0.4, -0.2) is 55.0 Å². The molecule has 8 nitrogen and oxygen atoms in total. The second-order valence-corrected chi connectivity index (χ2v) is 9.30. The second kappa shape index (κ2) is 10.9. The highest BCUT2D eigenvalue weighted by Crippen LogP contribution is 2.44. The Labute approximate surface area is 205 Å². The van der Waals surface area contributed by atoms with Crippen LogP contribution in [-0.2, 0) is 19.1 Å². The Morgan fingerprint density at radius 1 is 1.09 bits per heavy atom. The van der Waals surface area contributed by atoms with Gasteiger partial charge in [0.05, 0.1) is 18.6 Å². The Morgan fingerprint density at radius 2 is 1.71 bits per heavy atom. The number of alkyl carbamates (subject to hydrolysis) is 1. The summed E-state index contributed by atoms with van der Waals surface area (Å²) in [4.78, 5) is 36.7. The van der Waals surface area contributed by atoms with E-state index in [1.807, 2.05) is 38.1 Å². The number of benzene rings is 2. The Morgan fingerprint density at radius 3 is 2.29 bits per heavy atom. The number of hydrogen-bond donors (Lipinski definition) is 3. The van der Waals surface area contributed by atoms with Crippen molar-refractivity contribution < 1.29 is 29.0 Å². The van der Waals surface area contributed by atoms with Crippen molar-refractivity contribution in [2.24, 2.45) is 11.8 Å². The number of carboxylic acid groups (broad SMARTS) is 1. The van der Waals surface area contributed by atoms with Crippen LogP contribution in [0.4, 0.5) is 4.79 Å². The summed E-state index contributed by atoms with van der Waals surface area (Å²) >= 11 is 0. The molecule has 0 aromatic heterocycles. The number of carboxylic acids is 1. The van der Waals surface area contributed by atoms with E-state index < -0.39 is 24.0 Å². The maximum atomic E-state index is 12.9. The van der Waals surface area contributed by atoms with Crippen molar-refractivity contribution in [1.82, 2.24) is 10.6 Å². The highest BCUT2D eigenvalue weighted by atomic mass is 16.5. The SMILES string of the molecule is CCC(C)C(NC(=O)OCC1c2ccccc2-c2ccccc21)C(=O)NC[C@H]1C[C@@H](C(=O)O)CO1. The molecule has 1 fully saturated rings. The van der Waals surface area contributed by atoms with Gasteiger partial charge in [-0.1, -0.05) is 68.8 Å². The molecule has 2 aromatic rings. The third kappa shape index (κ3) is 5.48. The molecule has 0 spiro atoms. The number of fused-ring (bicyclic) bond motifs is 3. The van der Waals surface area contributed by atoms with Gasteiger partial charge in [0.15, 0.2) is 0 Å². The summed E-state index contributed by atoms with van der Waals surface area (Å²) in [6.45, 7) is 4.34. The standard InChI is InChI=1S/C27H32N2O6/c1-3-16(2)24(25(30)28-13-18-12-17(14-34-18)26(31)32)29-27(33)35-15-23-21-10-6-4-8-19(21)20-9-5-7-11-22(20)23/h4-11,16-18,23-24H,3,12-15H2,1-2H3,(H,28,30)(H,29,33)(H,31,32)/t16?,17-,18-,24?/m1/s1. The van der Waals surface area contributed by atoms with Crippen LogP contribution in [0.3, 0.4) is 0 Å². The summed E-state index contributed by atoms with van der Waals surface area (Å²) in [6.07, 6.45) is 0.0362. The second-order valence-electron chi connectivity index (χ2n) is 9.30. The summed E-state index contributed by atoms with van der Waals surface area (Å²) in [6, 6.07) is 15.4. The van der Waals surface area contributed by atoms with Crippen molar-refractivity contribution in [1.29, 1.82) is 0 Å². The zero-order chi connectivity index (χ0) is 24.9. The molecule has 35 heavy (non-hydrogen) atoms. The highest BCUT2D eigenvalue weighted by molar-refractivity contribution is 5.86. The lowest BCUT2D eigenvalue weighted by atomic mass is 9.98. The van der Waals surface area contributed by atoms with Crippen LogP contribution in [0.1, 0.15) is 43.7 Å². The van der Waals surface area contributed by atoms with E-state index in [-0.39, 0.29) is 43.6 Å². The molecule has 2 aromatic carbocycles. The summed E-state index contributed by atoms with van der Waals surface area (Å²) in [5, 5.41) is 14.6. The number of hydrogen-bond acceptors (Lipinski definition) is 5. The van der Waals surface area contributed by atoms with Gasteiger partial charge in [0, 0.05) is 12.5 Å². The first-order valence-electron chi connectivity index (χ1n) is 12.1. The predicted molar refractivity (Wildman–Crippen MR) is 130 cm³/mol. The molecule has 2 unspecified atom stereocenters. The van der Waals surface area contributed by atoms with Crippen LogP contribution in [0, 0.1) is 11.8 Å². The average Bonchev–Trinajstić information content (AvgIpc) is 3.47. The van der Waals surface area contributed by atoms with E-state index in [2.05, 4.69) is 34.9 Å². The van der Waals surface area contributed by atoms with Crippen LogP contribution < -0.4 is 10.6 Å². The van der Waals surface area contributed by atoms with Crippen molar-refractivity contribution in [3.63, 3.8) is 0 Å². The number of nitrogens with one attached hydrogen (secondary N) is 2. The molecule has 4 rings (SSSR count). The van der Waals surface area contributed by atoms with Gasteiger partial charge in [0.2, 0.25) is 5.91 Å². The molecular formula is C27H32N2O6. The molecule has 1 saturated heterocycles. The minimum absolute atomic E-state index is 0.0641. The number of aliphatic carboxylic acids is 1. The quantitative estimate of drug-likeness (QED) is 0.506. The van der Waals surface area contributed by atoms with Crippen molar-refractivity contribution in [2.75, 3.05) is 19.8 Å². The zero-order valence-electron chi connectivity index (χ0n) is 20.0. The van der Waals surface area contributed by atoms with Crippen molar-refractivity contribution >= 4 is 18.0 Å². The topological polar surface area (TPSA) is 114 Å². The van der Waals surface area contributed by atoms with E-state index >= 15 is 0 Å². The minimum atomic E-state index is -0.895. The fraction of sp³-hybridized carbons (Fsp3) is 0.444. The fourth-order valence-electron chi connectivity index (χ4n) is 4.81. The molecule has 186 valence electrons. The molecule has 0 bridgehead atoms. The van der Waals surface area contributed by atoms with Gasteiger partial charge < -0.3 is 25.2 Å². The van der Waals surface area contributed by atoms with Gasteiger partial charge in [-0.25, -0.2) is 4.79 Å². The Hall–Kier alpha value is -3.39. The number of ether oxygens (including phenoxy) is 2. The van der Waals surface area contributed by atoms with Crippen LogP contribution in [0.25, 0.3) is 11.1 Å². The minimum Gasteiger partial charge on any atom is -0.481 e. The zero-order valence-corrected chi connectivity index (χ0v) is 20.0. The highest BCUT2D eigenvalue weighted by Gasteiger charge is 2.33. The smallest absolute Gasteiger partial charge is 0.407 e. The van der Waals surface area contributed by atoms with E-state index in [0.29, 0.717) is 12.8 Å². The molecule has 1 heterocycles. The lowest BCUT2D eigenvalue weighted by Gasteiger charge is -2.24. The maximum Gasteiger partial charge on any atom is 0.407 e. The lowest BCUT2D eigenvalue weighted by Crippen LogP contribution is -2.51. The van der Waals surface area contributed by atoms with E-state index in [4.69, 9.17) is 14.6 Å². The molecular weight excluding hydrogens is 448 g/mol. The normalized spacial score (nSPS) is 20.4. The summed E-state index contributed by atoms with van der Waals surface area (Å²) in [5.74, 6) is -1.97. The lowest BCUT2D eigenvalue weighted by molar-refractivity contribution is -0.141. The first-order chi connectivity index (χ1) is 16.9. The van der Waals surface area contributed by atoms with E-state index in [9.17, 15) is 14.4 Å². The maximum absolute atomic E-state index is 12.9. The van der Waals surface area contributed by atoms with Gasteiger partial charge in [0.25, 0.3) is 0 Å². The Kier molecular flexibility index (Phi) is 7.70. The van der Waals surface area contributed by atoms with Crippen molar-refractivity contribution in [3.05, 3.63) is 59.7 Å². The van der Waals surface area contributed by atoms with Crippen LogP contribution in [0.15, 0.2) is 48.5 Å². The molecule has 2 aliphatic rings. The molecule has 2 amide bonds. The Balaban J connectivity index is 1.34. The van der Waals surface area contributed by atoms with Crippen LogP contribution in [0.2, 0.25) is 0 Å². The van der Waals surface area contributed by atoms with Gasteiger partial charge in [0.1, 0.15) is 12.6 Å². The van der Waals surface area contributed by atoms with Gasteiger partial charge in [-0.2, -0.15) is 0 Å². The first kappa shape index (κ1) is 24.7. The summed E-state index contributed by atoms with van der Waals surface area (Å²) in [7, 11) is 0. The summed E-state index contributed by atoms with van der Waals surface area (Å²) < 4.78 is 11.1. The van der Waals surface area contributed by atoms with Crippen LogP contribution >= 0.6 is 0 Å². The van der Waals surface area contributed by atoms with E-state index in [1.54, 1.807) is 0 Å². The largest absolute Gasteiger partial charge is 0.481 e. The molecule has 0 saturated carbocycles. The van der Waals surface area contributed by atoms with Gasteiger partial charge in [-0.05, 0) is 34.6 Å². The number of carbonyl (C=O) groups is 3. The fourth-order valence-corrected chi connectivity index (χ4v) is 4.81. The average molecular weight is 481 g/mol. The van der Waals surface area contributed by atoms with E-state index in [0.717, 1.165) is 22.3 Å². The van der Waals surface area contributed by atoms with Gasteiger partial charge >= 0.3 is 12.1 Å². The molecule has 8 heteroatoms. The predicted octanol–water partition coefficient (Wildman–Crippen LogP) is 3.55. The molecule has 1 aliphatic carbocycles. The van der Waals surface area contributed by atoms with Crippen molar-refractivity contribution in [3.8, 4) is 11.1 Å². The first-order valence-corrected chi connectivity index (χ1v) is 12.1. The number of amides is 2. The third-order valence-corrected chi connectivity index (χ3v) is 7.05. The van der Waals surface area contributed by atoms with Crippen LogP contribution in [0.5, 0.6) is 0 Å². The number of carbonyl (C=O) groups excluding carboxylic acids is 2. The van der Waals surface area contributed by atoms with Gasteiger partial charge in [-0.15, -0.1) is 0 Å². The monoisotopic (exact) mass is 480 g/mol. The molecule has 3 N–H and O–H groups in total. The van der Waals surface area contributed by atoms with Gasteiger partial charge in [-0.3, -0.25) is 9.59 Å². The number of rotatable bonds is 9. The molecule has 4 atom stereocenters. The van der Waals surface area contributed by atoms with E-state index in [1.165, 1.54) is 0 Å². The summed E-state index contributed by atoms with van der Waals surface area (Å²) in [5.41, 5.74) is 4.53. The van der Waals surface area contributed by atoms with Crippen molar-refractivity contribution in [2.45, 2.75) is 44.8 Å².